The van der Waals surface area contributed by atoms with Crippen LogP contribution in [0, 0.1) is 0 Å². The number of unbranched alkanes of at least 4 members (excludes halogenated alkanes) is 16. The first-order chi connectivity index (χ1) is 29.7. The van der Waals surface area contributed by atoms with E-state index < -0.39 is 0 Å². The molecule has 0 N–H and O–H groups in total. The van der Waals surface area contributed by atoms with Crippen LogP contribution in [0.5, 0.6) is 0 Å². The zero-order valence-electron chi connectivity index (χ0n) is 38.4. The van der Waals surface area contributed by atoms with Gasteiger partial charge in [0.25, 0.3) is 0 Å². The van der Waals surface area contributed by atoms with Gasteiger partial charge in [-0.3, -0.25) is 9.59 Å². The van der Waals surface area contributed by atoms with Crippen molar-refractivity contribution in [3.63, 3.8) is 0 Å². The fourth-order valence-electron chi connectivity index (χ4n) is 5.81. The third kappa shape index (κ3) is 52.7. The Balaban J connectivity index is 3.14. The number of carbonyl (C=O) groups is 2. The van der Waals surface area contributed by atoms with Gasteiger partial charge in [-0.25, -0.2) is 0 Å². The largest absolute Gasteiger partial charge is 0.463 e. The lowest BCUT2D eigenvalue weighted by molar-refractivity contribution is -0.146. The highest BCUT2D eigenvalue weighted by molar-refractivity contribution is 5.69. The molecular weight excluding hydrogens is 776 g/mol. The minimum atomic E-state index is -0.149. The first-order valence-corrected chi connectivity index (χ1v) is 23.8. The standard InChI is InChI=1S/C46H90O14/c1-3-5-7-9-10-11-12-13-14-15-16-18-20-22-46(48)60-44-42-58-40-38-56-36-34-54-32-30-52-28-26-50-24-23-49-25-27-51-29-31-53-33-35-55-37-39-57-41-43-59-45(47)21-19-17-8-6-4-2/h3-44H2,1-2H3. The van der Waals surface area contributed by atoms with Gasteiger partial charge in [-0.05, 0) is 12.8 Å². The summed E-state index contributed by atoms with van der Waals surface area (Å²) in [5.41, 5.74) is 0. The first kappa shape index (κ1) is 58.5. The van der Waals surface area contributed by atoms with E-state index in [-0.39, 0.29) is 25.2 Å². The summed E-state index contributed by atoms with van der Waals surface area (Å²) in [5, 5.41) is 0. The Bertz CT molecular complexity index is 837. The third-order valence-corrected chi connectivity index (χ3v) is 9.30. The molecule has 0 aliphatic carbocycles. The van der Waals surface area contributed by atoms with E-state index >= 15 is 0 Å². The lowest BCUT2D eigenvalue weighted by Gasteiger charge is -2.09. The van der Waals surface area contributed by atoms with Crippen LogP contribution in [0.2, 0.25) is 0 Å². The Morgan fingerprint density at radius 1 is 0.233 bits per heavy atom. The topological polar surface area (TPSA) is 145 Å². The number of carbonyl (C=O) groups excluding carboxylic acids is 2. The molecule has 0 heterocycles. The van der Waals surface area contributed by atoms with Crippen molar-refractivity contribution in [2.45, 2.75) is 142 Å². The van der Waals surface area contributed by atoms with Gasteiger partial charge in [0.05, 0.1) is 132 Å². The smallest absolute Gasteiger partial charge is 0.305 e. The molecule has 0 rings (SSSR count). The maximum Gasteiger partial charge on any atom is 0.305 e. The Hall–Kier alpha value is -1.46. The van der Waals surface area contributed by atoms with Gasteiger partial charge in [-0.15, -0.1) is 0 Å². The summed E-state index contributed by atoms with van der Waals surface area (Å²) in [7, 11) is 0. The van der Waals surface area contributed by atoms with Gasteiger partial charge in [0.15, 0.2) is 0 Å². The Morgan fingerprint density at radius 3 is 0.600 bits per heavy atom. The maximum absolute atomic E-state index is 11.9. The molecule has 0 aliphatic heterocycles. The molecule has 0 saturated heterocycles. The third-order valence-electron chi connectivity index (χ3n) is 9.30. The summed E-state index contributed by atoms with van der Waals surface area (Å²) < 4.78 is 65.3. The Morgan fingerprint density at radius 2 is 0.400 bits per heavy atom. The minimum absolute atomic E-state index is 0.134. The normalized spacial score (nSPS) is 11.4. The monoisotopic (exact) mass is 867 g/mol. The van der Waals surface area contributed by atoms with Gasteiger partial charge < -0.3 is 56.8 Å². The molecule has 0 radical (unpaired) electrons. The highest BCUT2D eigenvalue weighted by Gasteiger charge is 2.04. The summed E-state index contributed by atoms with van der Waals surface area (Å²) in [6.07, 6.45) is 23.3. The van der Waals surface area contributed by atoms with Gasteiger partial charge in [0.1, 0.15) is 13.2 Å². The summed E-state index contributed by atoms with van der Waals surface area (Å²) in [4.78, 5) is 23.5. The van der Waals surface area contributed by atoms with Crippen LogP contribution >= 0.6 is 0 Å². The molecule has 0 atom stereocenters. The maximum atomic E-state index is 11.9. The van der Waals surface area contributed by atoms with E-state index in [4.69, 9.17) is 56.8 Å². The highest BCUT2D eigenvalue weighted by atomic mass is 16.6. The molecule has 0 aliphatic rings. The number of esters is 2. The predicted octanol–water partition coefficient (Wildman–Crippen LogP) is 8.08. The average Bonchev–Trinajstić information content (AvgIpc) is 3.25. The second-order valence-corrected chi connectivity index (χ2v) is 14.7. The Labute approximate surface area is 365 Å². The van der Waals surface area contributed by atoms with Crippen molar-refractivity contribution in [3.8, 4) is 0 Å². The molecule has 0 unspecified atom stereocenters. The van der Waals surface area contributed by atoms with Gasteiger partial charge in [-0.2, -0.15) is 0 Å². The molecule has 0 bridgehead atoms. The lowest BCUT2D eigenvalue weighted by Crippen LogP contribution is -2.16. The summed E-state index contributed by atoms with van der Waals surface area (Å²) in [5.74, 6) is -0.284. The molecule has 0 fully saturated rings. The van der Waals surface area contributed by atoms with Crippen LogP contribution in [-0.4, -0.2) is 157 Å². The zero-order chi connectivity index (χ0) is 43.3. The van der Waals surface area contributed by atoms with Crippen molar-refractivity contribution in [2.24, 2.45) is 0 Å². The SMILES string of the molecule is CCCCCCCCCCCCCCCC(=O)OCCOCCOCCOCCOCCOCCOCCOCCOCCOCCOCCOC(=O)CCCCCCC. The van der Waals surface area contributed by atoms with E-state index in [1.54, 1.807) is 0 Å². The van der Waals surface area contributed by atoms with Crippen molar-refractivity contribution < 1.29 is 66.4 Å². The van der Waals surface area contributed by atoms with E-state index in [2.05, 4.69) is 13.8 Å². The predicted molar refractivity (Wildman–Crippen MR) is 234 cm³/mol. The van der Waals surface area contributed by atoms with Crippen LogP contribution in [-0.2, 0) is 66.4 Å². The van der Waals surface area contributed by atoms with Crippen molar-refractivity contribution in [1.29, 1.82) is 0 Å². The zero-order valence-corrected chi connectivity index (χ0v) is 38.4. The molecule has 0 spiro atoms. The van der Waals surface area contributed by atoms with Crippen LogP contribution in [0.1, 0.15) is 142 Å². The fraction of sp³-hybridized carbons (Fsp3) is 0.957. The molecule has 0 aromatic rings. The minimum Gasteiger partial charge on any atom is -0.463 e. The van der Waals surface area contributed by atoms with E-state index in [0.717, 1.165) is 25.7 Å². The first-order valence-electron chi connectivity index (χ1n) is 23.8. The Kier molecular flexibility index (Phi) is 52.4. The van der Waals surface area contributed by atoms with Crippen LogP contribution in [0.15, 0.2) is 0 Å². The molecule has 0 aromatic heterocycles. The van der Waals surface area contributed by atoms with Crippen LogP contribution < -0.4 is 0 Å². The molecule has 60 heavy (non-hydrogen) atoms. The number of hydrogen-bond donors (Lipinski definition) is 0. The number of ether oxygens (including phenoxy) is 12. The van der Waals surface area contributed by atoms with Gasteiger partial charge in [-0.1, -0.05) is 117 Å². The summed E-state index contributed by atoms with van der Waals surface area (Å²) in [6, 6.07) is 0. The molecule has 0 saturated carbocycles. The molecule has 0 amide bonds. The highest BCUT2D eigenvalue weighted by Crippen LogP contribution is 2.13. The van der Waals surface area contributed by atoms with E-state index in [9.17, 15) is 9.59 Å². The second kappa shape index (κ2) is 53.7. The van der Waals surface area contributed by atoms with Gasteiger partial charge in [0, 0.05) is 12.8 Å². The van der Waals surface area contributed by atoms with Crippen LogP contribution in [0.25, 0.3) is 0 Å². The molecule has 14 heteroatoms. The molecule has 358 valence electrons. The molecule has 0 aromatic carbocycles. The van der Waals surface area contributed by atoms with Crippen molar-refractivity contribution >= 4 is 11.9 Å². The quantitative estimate of drug-likeness (QED) is 0.0429. The number of hydrogen-bond acceptors (Lipinski definition) is 14. The second-order valence-electron chi connectivity index (χ2n) is 14.7. The average molecular weight is 867 g/mol. The van der Waals surface area contributed by atoms with E-state index in [0.29, 0.717) is 145 Å². The van der Waals surface area contributed by atoms with Gasteiger partial charge in [0.2, 0.25) is 0 Å². The fourth-order valence-corrected chi connectivity index (χ4v) is 5.81. The lowest BCUT2D eigenvalue weighted by atomic mass is 10.0. The van der Waals surface area contributed by atoms with Crippen molar-refractivity contribution in [2.75, 3.05) is 145 Å². The van der Waals surface area contributed by atoms with Gasteiger partial charge >= 0.3 is 11.9 Å². The summed E-state index contributed by atoms with van der Waals surface area (Å²) in [6.45, 7) is 14.4. The van der Waals surface area contributed by atoms with E-state index in [1.807, 2.05) is 0 Å². The van der Waals surface area contributed by atoms with Crippen LogP contribution in [0.4, 0.5) is 0 Å². The molecular formula is C46H90O14. The summed E-state index contributed by atoms with van der Waals surface area (Å²) >= 11 is 0. The number of rotatable bonds is 53. The van der Waals surface area contributed by atoms with E-state index in [1.165, 1.54) is 89.9 Å². The van der Waals surface area contributed by atoms with Crippen LogP contribution in [0.3, 0.4) is 0 Å². The van der Waals surface area contributed by atoms with Crippen molar-refractivity contribution in [1.82, 2.24) is 0 Å². The van der Waals surface area contributed by atoms with Crippen molar-refractivity contribution in [3.05, 3.63) is 0 Å². The molecule has 14 nitrogen and oxygen atoms in total.